The number of benzene rings is 2. The van der Waals surface area contributed by atoms with Crippen molar-refractivity contribution in [3.05, 3.63) is 63.7 Å². The zero-order valence-corrected chi connectivity index (χ0v) is 15.7. The number of nitro groups is 1. The van der Waals surface area contributed by atoms with E-state index in [1.165, 1.54) is 25.1 Å². The minimum atomic E-state index is -4.58. The number of hydrazine groups is 1. The Hall–Kier alpha value is -3.83. The van der Waals surface area contributed by atoms with Crippen molar-refractivity contribution in [3.8, 4) is 5.75 Å². The lowest BCUT2D eigenvalue weighted by molar-refractivity contribution is -0.386. The lowest BCUT2D eigenvalue weighted by Gasteiger charge is -2.16. The average molecular weight is 426 g/mol. The molecular formula is C18H17F3N4O5. The van der Waals surface area contributed by atoms with Gasteiger partial charge in [0.15, 0.2) is 11.9 Å². The predicted molar refractivity (Wildman–Crippen MR) is 99.7 cm³/mol. The van der Waals surface area contributed by atoms with Gasteiger partial charge in [-0.05, 0) is 43.7 Å². The van der Waals surface area contributed by atoms with Crippen molar-refractivity contribution in [1.29, 1.82) is 0 Å². The lowest BCUT2D eigenvalue weighted by Crippen LogP contribution is -2.48. The molecule has 9 nitrogen and oxygen atoms in total. The van der Waals surface area contributed by atoms with Crippen LogP contribution in [0.2, 0.25) is 0 Å². The normalized spacial score (nSPS) is 11.9. The van der Waals surface area contributed by atoms with Crippen LogP contribution >= 0.6 is 0 Å². The largest absolute Gasteiger partial charge is 0.474 e. The van der Waals surface area contributed by atoms with E-state index < -0.39 is 34.7 Å². The molecule has 30 heavy (non-hydrogen) atoms. The van der Waals surface area contributed by atoms with Crippen LogP contribution in [0.3, 0.4) is 0 Å². The van der Waals surface area contributed by atoms with E-state index in [1.54, 1.807) is 13.0 Å². The number of alkyl halides is 3. The van der Waals surface area contributed by atoms with Crippen LogP contribution in [0.4, 0.5) is 29.3 Å². The second-order valence-corrected chi connectivity index (χ2v) is 6.14. The highest BCUT2D eigenvalue weighted by Crippen LogP contribution is 2.30. The van der Waals surface area contributed by atoms with Gasteiger partial charge in [-0.1, -0.05) is 12.1 Å². The Balaban J connectivity index is 1.93. The molecule has 0 bridgehead atoms. The van der Waals surface area contributed by atoms with E-state index in [0.717, 1.165) is 18.2 Å². The quantitative estimate of drug-likeness (QED) is 0.499. The molecule has 0 saturated heterocycles. The summed E-state index contributed by atoms with van der Waals surface area (Å²) in [7, 11) is 0. The molecule has 12 heteroatoms. The molecule has 0 aliphatic carbocycles. The molecule has 0 radical (unpaired) electrons. The van der Waals surface area contributed by atoms with Crippen molar-refractivity contribution in [2.45, 2.75) is 26.1 Å². The molecule has 1 unspecified atom stereocenters. The maximum atomic E-state index is 12.7. The number of urea groups is 1. The zero-order chi connectivity index (χ0) is 22.5. The number of halogens is 3. The van der Waals surface area contributed by atoms with Crippen LogP contribution < -0.4 is 20.9 Å². The third-order valence-electron chi connectivity index (χ3n) is 3.73. The summed E-state index contributed by atoms with van der Waals surface area (Å²) in [6.45, 7) is 2.95. The number of aryl methyl sites for hydroxylation is 1. The molecule has 160 valence electrons. The SMILES string of the molecule is Cc1ccc(OC(C)C(=O)NNC(=O)Nc2cccc(C(F)(F)F)c2)c([N+](=O)[O-])c1. The second kappa shape index (κ2) is 9.11. The number of nitro benzene ring substituents is 1. The average Bonchev–Trinajstić information content (AvgIpc) is 2.66. The highest BCUT2D eigenvalue weighted by atomic mass is 19.4. The number of carbonyl (C=O) groups is 2. The van der Waals surface area contributed by atoms with Crippen LogP contribution in [0.1, 0.15) is 18.1 Å². The minimum Gasteiger partial charge on any atom is -0.474 e. The summed E-state index contributed by atoms with van der Waals surface area (Å²) in [5.41, 5.74) is 3.17. The van der Waals surface area contributed by atoms with Gasteiger partial charge in [0, 0.05) is 11.8 Å². The van der Waals surface area contributed by atoms with Crippen LogP contribution in [0.25, 0.3) is 0 Å². The van der Waals surface area contributed by atoms with Gasteiger partial charge in [-0.15, -0.1) is 0 Å². The second-order valence-electron chi connectivity index (χ2n) is 6.14. The van der Waals surface area contributed by atoms with Crippen LogP contribution in [-0.4, -0.2) is 23.0 Å². The summed E-state index contributed by atoms with van der Waals surface area (Å²) in [6, 6.07) is 7.09. The van der Waals surface area contributed by atoms with Gasteiger partial charge in [0.25, 0.3) is 5.91 Å². The van der Waals surface area contributed by atoms with Crippen molar-refractivity contribution < 1.29 is 32.4 Å². The summed E-state index contributed by atoms with van der Waals surface area (Å²) in [5.74, 6) is -0.981. The number of ether oxygens (including phenoxy) is 1. The topological polar surface area (TPSA) is 123 Å². The molecule has 2 aromatic carbocycles. The standard InChI is InChI=1S/C18H17F3N4O5/c1-10-6-7-15(14(8-10)25(28)29)30-11(2)16(26)23-24-17(27)22-13-5-3-4-12(9-13)18(19,20)21/h3-9,11H,1-2H3,(H,23,26)(H2,22,24,27). The molecule has 0 aliphatic rings. The van der Waals surface area contributed by atoms with Crippen molar-refractivity contribution in [1.82, 2.24) is 10.9 Å². The van der Waals surface area contributed by atoms with Gasteiger partial charge < -0.3 is 10.1 Å². The van der Waals surface area contributed by atoms with E-state index in [-0.39, 0.29) is 17.1 Å². The van der Waals surface area contributed by atoms with Gasteiger partial charge >= 0.3 is 17.9 Å². The molecule has 0 heterocycles. The van der Waals surface area contributed by atoms with E-state index in [4.69, 9.17) is 4.74 Å². The Morgan fingerprint density at radius 3 is 2.47 bits per heavy atom. The summed E-state index contributed by atoms with van der Waals surface area (Å²) >= 11 is 0. The Bertz CT molecular complexity index is 965. The third-order valence-corrected chi connectivity index (χ3v) is 3.73. The molecule has 0 spiro atoms. The fourth-order valence-corrected chi connectivity index (χ4v) is 2.27. The summed E-state index contributed by atoms with van der Waals surface area (Å²) in [4.78, 5) is 34.3. The monoisotopic (exact) mass is 426 g/mol. The number of hydrogen-bond acceptors (Lipinski definition) is 5. The van der Waals surface area contributed by atoms with Crippen molar-refractivity contribution in [3.63, 3.8) is 0 Å². The van der Waals surface area contributed by atoms with E-state index in [2.05, 4.69) is 5.32 Å². The summed E-state index contributed by atoms with van der Waals surface area (Å²) in [6.07, 6.45) is -5.80. The maximum Gasteiger partial charge on any atom is 0.416 e. The first-order valence-electron chi connectivity index (χ1n) is 8.43. The Labute approximate surface area is 168 Å². The van der Waals surface area contributed by atoms with Crippen molar-refractivity contribution in [2.24, 2.45) is 0 Å². The van der Waals surface area contributed by atoms with Gasteiger partial charge in [0.1, 0.15) is 0 Å². The molecule has 3 N–H and O–H groups in total. The van der Waals surface area contributed by atoms with Crippen molar-refractivity contribution in [2.75, 3.05) is 5.32 Å². The molecule has 2 rings (SSSR count). The molecular weight excluding hydrogens is 409 g/mol. The number of nitrogens with one attached hydrogen (secondary N) is 3. The maximum absolute atomic E-state index is 12.7. The first kappa shape index (κ1) is 22.5. The molecule has 0 saturated carbocycles. The Morgan fingerprint density at radius 2 is 1.83 bits per heavy atom. The molecule has 1 atom stereocenters. The highest BCUT2D eigenvalue weighted by Gasteiger charge is 2.30. The first-order chi connectivity index (χ1) is 14.0. The fourth-order valence-electron chi connectivity index (χ4n) is 2.27. The summed E-state index contributed by atoms with van der Waals surface area (Å²) in [5, 5.41) is 13.2. The first-order valence-corrected chi connectivity index (χ1v) is 8.43. The molecule has 0 aliphatic heterocycles. The predicted octanol–water partition coefficient (Wildman–Crippen LogP) is 3.54. The van der Waals surface area contributed by atoms with Crippen LogP contribution in [0, 0.1) is 17.0 Å². The van der Waals surface area contributed by atoms with Crippen LogP contribution in [-0.2, 0) is 11.0 Å². The minimum absolute atomic E-state index is 0.137. The van der Waals surface area contributed by atoms with E-state index in [9.17, 15) is 32.9 Å². The number of carbonyl (C=O) groups excluding carboxylic acids is 2. The van der Waals surface area contributed by atoms with Gasteiger partial charge in [0.2, 0.25) is 0 Å². The third kappa shape index (κ3) is 6.09. The smallest absolute Gasteiger partial charge is 0.416 e. The summed E-state index contributed by atoms with van der Waals surface area (Å²) < 4.78 is 43.3. The Kier molecular flexibility index (Phi) is 6.82. The van der Waals surface area contributed by atoms with E-state index in [1.807, 2.05) is 10.9 Å². The van der Waals surface area contributed by atoms with E-state index in [0.29, 0.717) is 5.56 Å². The van der Waals surface area contributed by atoms with Crippen LogP contribution in [0.5, 0.6) is 5.75 Å². The molecule has 3 amide bonds. The number of hydrogen-bond donors (Lipinski definition) is 3. The molecule has 2 aromatic rings. The number of nitrogens with zero attached hydrogens (tertiary/aromatic N) is 1. The Morgan fingerprint density at radius 1 is 1.13 bits per heavy atom. The lowest BCUT2D eigenvalue weighted by atomic mass is 10.2. The molecule has 0 fully saturated rings. The number of amides is 3. The highest BCUT2D eigenvalue weighted by molar-refractivity contribution is 5.91. The van der Waals surface area contributed by atoms with Crippen molar-refractivity contribution >= 4 is 23.3 Å². The number of rotatable bonds is 5. The zero-order valence-electron chi connectivity index (χ0n) is 15.7. The fraction of sp³-hybridized carbons (Fsp3) is 0.222. The number of anilines is 1. The van der Waals surface area contributed by atoms with Crippen LogP contribution in [0.15, 0.2) is 42.5 Å². The van der Waals surface area contributed by atoms with Gasteiger partial charge in [-0.25, -0.2) is 10.2 Å². The van der Waals surface area contributed by atoms with Gasteiger partial charge in [-0.3, -0.25) is 20.3 Å². The van der Waals surface area contributed by atoms with Gasteiger partial charge in [-0.2, -0.15) is 13.2 Å². The van der Waals surface area contributed by atoms with E-state index >= 15 is 0 Å². The van der Waals surface area contributed by atoms with Gasteiger partial charge in [0.05, 0.1) is 10.5 Å². The molecule has 0 aromatic heterocycles.